The van der Waals surface area contributed by atoms with Crippen molar-refractivity contribution in [2.45, 2.75) is 32.2 Å². The summed E-state index contributed by atoms with van der Waals surface area (Å²) in [5.41, 5.74) is 2.57. The summed E-state index contributed by atoms with van der Waals surface area (Å²) in [5, 5.41) is 6.25. The summed E-state index contributed by atoms with van der Waals surface area (Å²) < 4.78 is 6.92. The van der Waals surface area contributed by atoms with Crippen molar-refractivity contribution in [2.75, 3.05) is 19.7 Å². The van der Waals surface area contributed by atoms with Gasteiger partial charge in [0.2, 0.25) is 0 Å². The summed E-state index contributed by atoms with van der Waals surface area (Å²) in [4.78, 5) is 14.0. The number of hydrogen-bond donors (Lipinski definition) is 1. The molecule has 1 atom stereocenters. The van der Waals surface area contributed by atoms with Crippen molar-refractivity contribution in [2.24, 2.45) is 0 Å². The van der Waals surface area contributed by atoms with Gasteiger partial charge in [-0.3, -0.25) is 4.79 Å². The molecule has 0 amide bonds. The van der Waals surface area contributed by atoms with Gasteiger partial charge in [0, 0.05) is 24.2 Å². The zero-order valence-electron chi connectivity index (χ0n) is 14.7. The lowest BCUT2D eigenvalue weighted by Crippen LogP contribution is -2.29. The largest absolute Gasteiger partial charge is 0.493 e. The number of benzene rings is 1. The molecule has 1 aromatic carbocycles. The first-order valence-corrected chi connectivity index (χ1v) is 9.56. The van der Waals surface area contributed by atoms with Crippen LogP contribution >= 0.6 is 15.9 Å². The molecule has 1 saturated heterocycles. The second-order valence-electron chi connectivity index (χ2n) is 6.67. The summed E-state index contributed by atoms with van der Waals surface area (Å²) >= 11 is 3.60. The highest BCUT2D eigenvalue weighted by atomic mass is 79.9. The zero-order valence-corrected chi connectivity index (χ0v) is 16.3. The van der Waals surface area contributed by atoms with Gasteiger partial charge < -0.3 is 9.64 Å². The van der Waals surface area contributed by atoms with Gasteiger partial charge in [-0.1, -0.05) is 6.07 Å². The molecule has 2 heterocycles. The predicted octanol–water partition coefficient (Wildman–Crippen LogP) is 1.71. The van der Waals surface area contributed by atoms with Gasteiger partial charge in [0.1, 0.15) is 13.6 Å². The summed E-state index contributed by atoms with van der Waals surface area (Å²) in [6.07, 6.45) is 5.30. The smallest absolute Gasteiger partial charge is 0.264 e. The molecule has 3 rings (SSSR count). The molecule has 0 saturated carbocycles. The van der Waals surface area contributed by atoms with E-state index in [1.807, 2.05) is 20.0 Å². The maximum absolute atomic E-state index is 11.4. The number of likely N-dealkylation sites (tertiary alicyclic amines) is 1. The number of H-pyrrole nitrogens is 1. The Morgan fingerprint density at radius 3 is 2.92 bits per heavy atom. The van der Waals surface area contributed by atoms with Gasteiger partial charge in [0.05, 0.1) is 17.3 Å². The highest BCUT2D eigenvalue weighted by Gasteiger charge is 2.19. The third-order valence-corrected chi connectivity index (χ3v) is 5.34. The van der Waals surface area contributed by atoms with Crippen molar-refractivity contribution >= 4 is 29.2 Å². The van der Waals surface area contributed by atoms with E-state index < -0.39 is 0 Å². The second-order valence-corrected chi connectivity index (χ2v) is 7.52. The van der Waals surface area contributed by atoms with Crippen molar-refractivity contribution in [3.05, 3.63) is 39.2 Å². The molecule has 0 spiro atoms. The van der Waals surface area contributed by atoms with Gasteiger partial charge >= 0.3 is 0 Å². The lowest BCUT2D eigenvalue weighted by molar-refractivity contribution is 0.230. The summed E-state index contributed by atoms with van der Waals surface area (Å²) in [7, 11) is 2.02. The third-order valence-electron chi connectivity index (χ3n) is 4.75. The molecule has 0 aliphatic carbocycles. The molecule has 0 bridgehead atoms. The number of aromatic amines is 1. The normalized spacial score (nSPS) is 17.8. The minimum atomic E-state index is -0.206. The molecule has 5 nitrogen and oxygen atoms in total. The fourth-order valence-corrected chi connectivity index (χ4v) is 4.06. The number of hydrogen-bond acceptors (Lipinski definition) is 4. The zero-order chi connectivity index (χ0) is 17.8. The van der Waals surface area contributed by atoms with Crippen LogP contribution in [-0.4, -0.2) is 48.7 Å². The average Bonchev–Trinajstić information content (AvgIpc) is 2.98. The molecule has 1 aromatic heterocycles. The van der Waals surface area contributed by atoms with Crippen LogP contribution in [0.4, 0.5) is 0 Å². The van der Waals surface area contributed by atoms with Crippen molar-refractivity contribution in [1.29, 1.82) is 0 Å². The molecular formula is C18H23BBrN3O2. The Balaban J connectivity index is 1.63. The maximum atomic E-state index is 11.4. The highest BCUT2D eigenvalue weighted by molar-refractivity contribution is 9.10. The maximum Gasteiger partial charge on any atom is 0.264 e. The first-order chi connectivity index (χ1) is 12.0. The van der Waals surface area contributed by atoms with Gasteiger partial charge in [-0.25, -0.2) is 5.10 Å². The standard InChI is InChI=1S/C18H23BBrN3O2/c1-12-4-2-5-23(12)6-3-7-25-18-15(19)8-13(9-16(18)20)14-10-17(24)22-21-11-14/h8-12H,2-7,19H2,1H3,(H,22,24)/t12-/m1/s1. The van der Waals surface area contributed by atoms with Crippen LogP contribution in [0.1, 0.15) is 26.2 Å². The molecule has 132 valence electrons. The fraction of sp³-hybridized carbons (Fsp3) is 0.444. The molecule has 0 unspecified atom stereocenters. The van der Waals surface area contributed by atoms with Crippen molar-refractivity contribution in [3.8, 4) is 16.9 Å². The summed E-state index contributed by atoms with van der Waals surface area (Å²) in [6.45, 7) is 5.31. The topological polar surface area (TPSA) is 58.2 Å². The molecule has 25 heavy (non-hydrogen) atoms. The van der Waals surface area contributed by atoms with Gasteiger partial charge in [0.25, 0.3) is 5.56 Å². The number of aromatic nitrogens is 2. The first kappa shape index (κ1) is 18.2. The predicted molar refractivity (Wildman–Crippen MR) is 107 cm³/mol. The minimum Gasteiger partial charge on any atom is -0.493 e. The van der Waals surface area contributed by atoms with E-state index in [1.165, 1.54) is 19.4 Å². The van der Waals surface area contributed by atoms with Crippen LogP contribution in [0.25, 0.3) is 11.1 Å². The van der Waals surface area contributed by atoms with Crippen LogP contribution in [0.3, 0.4) is 0 Å². The monoisotopic (exact) mass is 403 g/mol. The van der Waals surface area contributed by atoms with Crippen LogP contribution in [0.5, 0.6) is 5.75 Å². The van der Waals surface area contributed by atoms with E-state index >= 15 is 0 Å². The van der Waals surface area contributed by atoms with Gasteiger partial charge in [0.15, 0.2) is 0 Å². The van der Waals surface area contributed by atoms with Crippen molar-refractivity contribution in [1.82, 2.24) is 15.1 Å². The number of nitrogens with zero attached hydrogens (tertiary/aromatic N) is 2. The van der Waals surface area contributed by atoms with Crippen molar-refractivity contribution in [3.63, 3.8) is 0 Å². The average molecular weight is 404 g/mol. The molecule has 2 aromatic rings. The Kier molecular flexibility index (Phi) is 5.96. The SMILES string of the molecule is Bc1cc(-c2cn[nH]c(=O)c2)cc(Br)c1OCCCN1CCC[C@H]1C. The Hall–Kier alpha value is -1.60. The molecule has 1 N–H and O–H groups in total. The lowest BCUT2D eigenvalue weighted by atomic mass is 9.91. The second kappa shape index (κ2) is 8.19. The number of halogens is 1. The number of nitrogens with one attached hydrogen (secondary N) is 1. The van der Waals surface area contributed by atoms with Crippen LogP contribution in [0, 0.1) is 0 Å². The molecule has 0 radical (unpaired) electrons. The summed E-state index contributed by atoms with van der Waals surface area (Å²) in [6, 6.07) is 6.25. The summed E-state index contributed by atoms with van der Waals surface area (Å²) in [5.74, 6) is 0.871. The van der Waals surface area contributed by atoms with Crippen LogP contribution in [-0.2, 0) is 0 Å². The lowest BCUT2D eigenvalue weighted by Gasteiger charge is -2.21. The van der Waals surface area contributed by atoms with E-state index in [2.05, 4.69) is 38.0 Å². The Bertz CT molecular complexity index is 773. The Morgan fingerprint density at radius 2 is 2.24 bits per heavy atom. The van der Waals surface area contributed by atoms with E-state index in [-0.39, 0.29) is 5.56 Å². The quantitative estimate of drug-likeness (QED) is 0.589. The van der Waals surface area contributed by atoms with E-state index in [4.69, 9.17) is 4.74 Å². The molecular weight excluding hydrogens is 381 g/mol. The van der Waals surface area contributed by atoms with Gasteiger partial charge in [-0.2, -0.15) is 5.10 Å². The van der Waals surface area contributed by atoms with Crippen molar-refractivity contribution < 1.29 is 4.74 Å². The molecule has 1 aliphatic rings. The van der Waals surface area contributed by atoms with Gasteiger partial charge in [-0.15, -0.1) is 0 Å². The van der Waals surface area contributed by atoms with E-state index in [0.29, 0.717) is 12.6 Å². The van der Waals surface area contributed by atoms with Crippen LogP contribution in [0.2, 0.25) is 0 Å². The van der Waals surface area contributed by atoms with E-state index in [9.17, 15) is 4.79 Å². The van der Waals surface area contributed by atoms with E-state index in [1.54, 1.807) is 12.3 Å². The van der Waals surface area contributed by atoms with Crippen LogP contribution in [0.15, 0.2) is 33.7 Å². The first-order valence-electron chi connectivity index (χ1n) is 8.76. The highest BCUT2D eigenvalue weighted by Crippen LogP contribution is 2.28. The number of ether oxygens (including phenoxy) is 1. The fourth-order valence-electron chi connectivity index (χ4n) is 3.38. The third kappa shape index (κ3) is 4.52. The van der Waals surface area contributed by atoms with E-state index in [0.717, 1.165) is 39.8 Å². The van der Waals surface area contributed by atoms with Crippen LogP contribution < -0.4 is 15.8 Å². The Labute approximate surface area is 157 Å². The number of rotatable bonds is 6. The molecule has 1 fully saturated rings. The minimum absolute atomic E-state index is 0.206. The molecule has 7 heteroatoms. The Morgan fingerprint density at radius 1 is 1.40 bits per heavy atom. The van der Waals surface area contributed by atoms with Gasteiger partial charge in [-0.05, 0) is 65.8 Å². The molecule has 1 aliphatic heterocycles.